The summed E-state index contributed by atoms with van der Waals surface area (Å²) in [6.07, 6.45) is 1.12. The molecule has 0 saturated carbocycles. The second-order valence-electron chi connectivity index (χ2n) is 6.38. The highest BCUT2D eigenvalue weighted by molar-refractivity contribution is 7.92. The Morgan fingerprint density at radius 1 is 1.17 bits per heavy atom. The number of sulfonamides is 1. The first-order valence-electron chi connectivity index (χ1n) is 7.48. The molecule has 1 N–H and O–H groups in total. The summed E-state index contributed by atoms with van der Waals surface area (Å²) in [6.45, 7) is 5.72. The third-order valence-corrected chi connectivity index (χ3v) is 4.53. The summed E-state index contributed by atoms with van der Waals surface area (Å²) < 4.78 is 35.8. The van der Waals surface area contributed by atoms with Gasteiger partial charge in [0.05, 0.1) is 32.7 Å². The molecule has 1 rings (SSSR count). The molecule has 0 unspecified atom stereocenters. The van der Waals surface area contributed by atoms with E-state index in [-0.39, 0.29) is 19.0 Å². The Hall–Kier alpha value is -1.96. The minimum absolute atomic E-state index is 0.121. The quantitative estimate of drug-likeness (QED) is 0.801. The van der Waals surface area contributed by atoms with Gasteiger partial charge in [-0.15, -0.1) is 0 Å². The molecule has 0 fully saturated rings. The fourth-order valence-corrected chi connectivity index (χ4v) is 2.92. The van der Waals surface area contributed by atoms with E-state index in [1.54, 1.807) is 39.0 Å². The number of ether oxygens (including phenoxy) is 2. The molecular weight excluding hydrogens is 332 g/mol. The second kappa shape index (κ2) is 7.74. The van der Waals surface area contributed by atoms with Crippen molar-refractivity contribution in [3.63, 3.8) is 0 Å². The Morgan fingerprint density at radius 3 is 2.21 bits per heavy atom. The van der Waals surface area contributed by atoms with Crippen LogP contribution < -0.4 is 19.1 Å². The van der Waals surface area contributed by atoms with Gasteiger partial charge in [0.15, 0.2) is 11.5 Å². The molecule has 0 spiro atoms. The number of nitrogens with zero attached hydrogens (tertiary/aromatic N) is 1. The molecule has 136 valence electrons. The molecule has 0 aliphatic heterocycles. The molecule has 0 bridgehead atoms. The highest BCUT2D eigenvalue weighted by atomic mass is 32.2. The molecule has 0 saturated heterocycles. The highest BCUT2D eigenvalue weighted by Gasteiger charge is 2.23. The Balaban J connectivity index is 2.98. The number of nitrogens with one attached hydrogen (secondary N) is 1. The van der Waals surface area contributed by atoms with Crippen LogP contribution in [0.25, 0.3) is 0 Å². The van der Waals surface area contributed by atoms with Crippen LogP contribution in [0.5, 0.6) is 11.5 Å². The van der Waals surface area contributed by atoms with Crippen molar-refractivity contribution >= 4 is 21.6 Å². The third-order valence-electron chi connectivity index (χ3n) is 3.34. The molecule has 1 amide bonds. The first-order valence-corrected chi connectivity index (χ1v) is 9.33. The molecule has 0 heterocycles. The van der Waals surface area contributed by atoms with Crippen LogP contribution in [0, 0.1) is 5.41 Å². The van der Waals surface area contributed by atoms with E-state index in [0.29, 0.717) is 17.2 Å². The first-order chi connectivity index (χ1) is 11.0. The maximum absolute atomic E-state index is 12.1. The van der Waals surface area contributed by atoms with Crippen LogP contribution in [0.3, 0.4) is 0 Å². The minimum Gasteiger partial charge on any atom is -0.493 e. The van der Waals surface area contributed by atoms with Crippen molar-refractivity contribution in [2.24, 2.45) is 5.41 Å². The summed E-state index contributed by atoms with van der Waals surface area (Å²) >= 11 is 0. The summed E-state index contributed by atoms with van der Waals surface area (Å²) in [6, 6.07) is 4.86. The molecule has 0 atom stereocenters. The van der Waals surface area contributed by atoms with Crippen molar-refractivity contribution in [1.82, 2.24) is 5.32 Å². The third kappa shape index (κ3) is 5.30. The van der Waals surface area contributed by atoms with Gasteiger partial charge in [-0.2, -0.15) is 0 Å². The van der Waals surface area contributed by atoms with Crippen LogP contribution in [0.15, 0.2) is 18.2 Å². The van der Waals surface area contributed by atoms with E-state index in [1.165, 1.54) is 18.5 Å². The second-order valence-corrected chi connectivity index (χ2v) is 8.29. The van der Waals surface area contributed by atoms with Gasteiger partial charge < -0.3 is 14.8 Å². The average Bonchev–Trinajstić information content (AvgIpc) is 2.48. The number of benzene rings is 1. The van der Waals surface area contributed by atoms with Crippen molar-refractivity contribution in [3.05, 3.63) is 18.2 Å². The Kier molecular flexibility index (Phi) is 6.48. The smallest absolute Gasteiger partial charge is 0.232 e. The zero-order chi connectivity index (χ0) is 18.5. The van der Waals surface area contributed by atoms with E-state index in [9.17, 15) is 13.2 Å². The van der Waals surface area contributed by atoms with Crippen LogP contribution in [-0.4, -0.2) is 47.9 Å². The van der Waals surface area contributed by atoms with Crippen LogP contribution in [-0.2, 0) is 14.8 Å². The van der Waals surface area contributed by atoms with Gasteiger partial charge in [-0.05, 0) is 12.1 Å². The molecule has 8 heteroatoms. The molecule has 7 nitrogen and oxygen atoms in total. The predicted molar refractivity (Wildman–Crippen MR) is 94.2 cm³/mol. The first kappa shape index (κ1) is 20.1. The average molecular weight is 358 g/mol. The van der Waals surface area contributed by atoms with E-state index in [2.05, 4.69) is 5.32 Å². The van der Waals surface area contributed by atoms with Crippen LogP contribution in [0.4, 0.5) is 5.69 Å². The van der Waals surface area contributed by atoms with E-state index in [1.807, 2.05) is 0 Å². The number of anilines is 1. The van der Waals surface area contributed by atoms with Gasteiger partial charge in [0.1, 0.15) is 0 Å². The fraction of sp³-hybridized carbons (Fsp3) is 0.562. The summed E-state index contributed by atoms with van der Waals surface area (Å²) in [5.41, 5.74) is -0.0839. The van der Waals surface area contributed by atoms with Crippen LogP contribution in [0.2, 0.25) is 0 Å². The topological polar surface area (TPSA) is 84.9 Å². The number of carbonyl (C=O) groups is 1. The molecule has 0 aliphatic rings. The SMILES string of the molecule is COc1ccc(N(CCNC(=O)C(C)(C)C)S(C)(=O)=O)cc1OC. The standard InChI is InChI=1S/C16H26N2O5S/c1-16(2,3)15(19)17-9-10-18(24(6,20)21)12-7-8-13(22-4)14(11-12)23-5/h7-8,11H,9-10H2,1-6H3,(H,17,19). The lowest BCUT2D eigenvalue weighted by molar-refractivity contribution is -0.128. The van der Waals surface area contributed by atoms with Gasteiger partial charge in [-0.25, -0.2) is 8.42 Å². The molecule has 0 aromatic heterocycles. The van der Waals surface area contributed by atoms with Gasteiger partial charge in [0.2, 0.25) is 15.9 Å². The molecule has 1 aromatic carbocycles. The molecule has 0 radical (unpaired) electrons. The maximum atomic E-state index is 12.1. The lowest BCUT2D eigenvalue weighted by atomic mass is 9.96. The molecule has 1 aromatic rings. The summed E-state index contributed by atoms with van der Waals surface area (Å²) in [5.74, 6) is 0.807. The zero-order valence-electron chi connectivity index (χ0n) is 15.0. The van der Waals surface area contributed by atoms with Crippen LogP contribution in [0.1, 0.15) is 20.8 Å². The van der Waals surface area contributed by atoms with Gasteiger partial charge in [0, 0.05) is 18.0 Å². The molecule has 0 aliphatic carbocycles. The number of amides is 1. The van der Waals surface area contributed by atoms with E-state index >= 15 is 0 Å². The van der Waals surface area contributed by atoms with Gasteiger partial charge >= 0.3 is 0 Å². The number of rotatable bonds is 7. The number of methoxy groups -OCH3 is 2. The summed E-state index contributed by atoms with van der Waals surface area (Å²) in [4.78, 5) is 11.9. The van der Waals surface area contributed by atoms with E-state index in [0.717, 1.165) is 6.26 Å². The van der Waals surface area contributed by atoms with Crippen molar-refractivity contribution < 1.29 is 22.7 Å². The Labute approximate surface area is 144 Å². The summed E-state index contributed by atoms with van der Waals surface area (Å²) in [7, 11) is -0.520. The normalized spacial score (nSPS) is 11.8. The maximum Gasteiger partial charge on any atom is 0.232 e. The number of hydrogen-bond acceptors (Lipinski definition) is 5. The number of carbonyl (C=O) groups excluding carboxylic acids is 1. The van der Waals surface area contributed by atoms with Gasteiger partial charge in [-0.3, -0.25) is 9.10 Å². The fourth-order valence-electron chi connectivity index (χ4n) is 2.00. The Bertz CT molecular complexity index is 680. The van der Waals surface area contributed by atoms with Crippen molar-refractivity contribution in [2.45, 2.75) is 20.8 Å². The van der Waals surface area contributed by atoms with Gasteiger partial charge in [0.25, 0.3) is 0 Å². The molecule has 24 heavy (non-hydrogen) atoms. The zero-order valence-corrected chi connectivity index (χ0v) is 15.9. The molecular formula is C16H26N2O5S. The monoisotopic (exact) mass is 358 g/mol. The van der Waals surface area contributed by atoms with Crippen molar-refractivity contribution in [2.75, 3.05) is 37.9 Å². The van der Waals surface area contributed by atoms with E-state index in [4.69, 9.17) is 9.47 Å². The largest absolute Gasteiger partial charge is 0.493 e. The van der Waals surface area contributed by atoms with E-state index < -0.39 is 15.4 Å². The Morgan fingerprint density at radius 2 is 1.75 bits per heavy atom. The number of hydrogen-bond donors (Lipinski definition) is 1. The van der Waals surface area contributed by atoms with Crippen molar-refractivity contribution in [3.8, 4) is 11.5 Å². The van der Waals surface area contributed by atoms with Crippen molar-refractivity contribution in [1.29, 1.82) is 0 Å². The van der Waals surface area contributed by atoms with Gasteiger partial charge in [-0.1, -0.05) is 20.8 Å². The summed E-state index contributed by atoms with van der Waals surface area (Å²) in [5, 5.41) is 2.75. The van der Waals surface area contributed by atoms with Crippen LogP contribution >= 0.6 is 0 Å². The predicted octanol–water partition coefficient (Wildman–Crippen LogP) is 1.63. The highest BCUT2D eigenvalue weighted by Crippen LogP contribution is 2.32. The minimum atomic E-state index is -3.51. The lowest BCUT2D eigenvalue weighted by Crippen LogP contribution is -2.41. The lowest BCUT2D eigenvalue weighted by Gasteiger charge is -2.24.